The minimum absolute atomic E-state index is 0.0192. The summed E-state index contributed by atoms with van der Waals surface area (Å²) in [4.78, 5) is 29.4. The molecule has 13 heteroatoms. The molecular formula is C20H18F2N8O3. The lowest BCUT2D eigenvalue weighted by molar-refractivity contribution is -0.117. The van der Waals surface area contributed by atoms with Gasteiger partial charge in [0.25, 0.3) is 0 Å². The van der Waals surface area contributed by atoms with Crippen LogP contribution in [0.3, 0.4) is 0 Å². The third-order valence-corrected chi connectivity index (χ3v) is 5.38. The first kappa shape index (κ1) is 20.7. The molecule has 0 aromatic carbocycles. The molecule has 4 aromatic rings. The van der Waals surface area contributed by atoms with Crippen LogP contribution in [0, 0.1) is 5.92 Å². The number of amides is 1. The number of nitrogens with one attached hydrogen (secondary N) is 1. The molecule has 0 radical (unpaired) electrons. The maximum Gasteiger partial charge on any atom is 0.333 e. The van der Waals surface area contributed by atoms with Crippen LogP contribution in [0.15, 0.2) is 37.2 Å². The van der Waals surface area contributed by atoms with Crippen molar-refractivity contribution in [1.82, 2.24) is 34.1 Å². The molecule has 0 spiro atoms. The molecule has 1 aliphatic carbocycles. The number of methoxy groups -OCH3 is 2. The first-order valence-electron chi connectivity index (χ1n) is 9.90. The van der Waals surface area contributed by atoms with E-state index in [0.29, 0.717) is 28.4 Å². The molecule has 0 aliphatic heterocycles. The Kier molecular flexibility index (Phi) is 5.07. The van der Waals surface area contributed by atoms with Gasteiger partial charge in [0, 0.05) is 24.1 Å². The zero-order valence-corrected chi connectivity index (χ0v) is 17.5. The average molecular weight is 456 g/mol. The van der Waals surface area contributed by atoms with Gasteiger partial charge in [-0.1, -0.05) is 0 Å². The highest BCUT2D eigenvalue weighted by Crippen LogP contribution is 2.47. The normalized spacial score (nSPS) is 17.4. The quantitative estimate of drug-likeness (QED) is 0.450. The average Bonchev–Trinajstić information content (AvgIpc) is 3.34. The largest absolute Gasteiger partial charge is 0.493 e. The number of rotatable bonds is 7. The molecular weight excluding hydrogens is 438 g/mol. The van der Waals surface area contributed by atoms with Crippen molar-refractivity contribution in [2.45, 2.75) is 18.9 Å². The summed E-state index contributed by atoms with van der Waals surface area (Å²) in [6, 6.07) is 1.72. The summed E-state index contributed by atoms with van der Waals surface area (Å²) in [5.41, 5.74) is 1.43. The van der Waals surface area contributed by atoms with Crippen LogP contribution in [0.25, 0.3) is 17.0 Å². The number of alkyl halides is 2. The zero-order valence-electron chi connectivity index (χ0n) is 17.5. The maximum absolute atomic E-state index is 13.3. The molecule has 5 rings (SSSR count). The lowest BCUT2D eigenvalue weighted by Crippen LogP contribution is -2.15. The van der Waals surface area contributed by atoms with Crippen LogP contribution in [-0.2, 0) is 4.79 Å². The monoisotopic (exact) mass is 456 g/mol. The fraction of sp³-hybridized carbons (Fsp3) is 0.300. The molecule has 2 unspecified atom stereocenters. The molecule has 4 heterocycles. The number of carbonyl (C=O) groups is 1. The molecule has 0 bridgehead atoms. The summed E-state index contributed by atoms with van der Waals surface area (Å²) >= 11 is 0. The fourth-order valence-corrected chi connectivity index (χ4v) is 3.67. The number of ether oxygens (including phenoxy) is 2. The summed E-state index contributed by atoms with van der Waals surface area (Å²) in [5.74, 6) is 0.476. The summed E-state index contributed by atoms with van der Waals surface area (Å²) in [6.45, 7) is -2.86. The van der Waals surface area contributed by atoms with Gasteiger partial charge >= 0.3 is 6.55 Å². The summed E-state index contributed by atoms with van der Waals surface area (Å²) in [7, 11) is 2.88. The number of carbonyl (C=O) groups excluding carboxylic acids is 1. The van der Waals surface area contributed by atoms with Gasteiger partial charge in [0.2, 0.25) is 11.8 Å². The number of hydrogen-bond acceptors (Lipinski definition) is 8. The Labute approximate surface area is 185 Å². The fourth-order valence-electron chi connectivity index (χ4n) is 3.67. The molecule has 1 aliphatic rings. The molecule has 1 N–H and O–H groups in total. The van der Waals surface area contributed by atoms with Crippen LogP contribution in [-0.4, -0.2) is 54.2 Å². The van der Waals surface area contributed by atoms with Crippen molar-refractivity contribution in [3.05, 3.63) is 42.9 Å². The molecule has 4 aromatic heterocycles. The SMILES string of the molecule is COc1cc(C2CC2C(=O)Nc2cn3cc(-c4c(OC)cnn4C(F)F)ncc3n2)ncn1. The third-order valence-electron chi connectivity index (χ3n) is 5.38. The molecule has 11 nitrogen and oxygen atoms in total. The lowest BCUT2D eigenvalue weighted by atomic mass is 10.2. The van der Waals surface area contributed by atoms with E-state index in [1.54, 1.807) is 16.7 Å². The topological polar surface area (TPSA) is 121 Å². The van der Waals surface area contributed by atoms with Crippen molar-refractivity contribution in [3.63, 3.8) is 0 Å². The van der Waals surface area contributed by atoms with E-state index in [9.17, 15) is 13.6 Å². The van der Waals surface area contributed by atoms with E-state index in [1.807, 2.05) is 0 Å². The van der Waals surface area contributed by atoms with Crippen molar-refractivity contribution in [2.24, 2.45) is 5.92 Å². The number of anilines is 1. The van der Waals surface area contributed by atoms with Crippen LogP contribution >= 0.6 is 0 Å². The van der Waals surface area contributed by atoms with Gasteiger partial charge in [0.05, 0.1) is 38.5 Å². The van der Waals surface area contributed by atoms with Crippen LogP contribution in [0.5, 0.6) is 11.6 Å². The Balaban J connectivity index is 1.35. The first-order chi connectivity index (χ1) is 16.0. The second-order valence-electron chi connectivity index (χ2n) is 7.37. The van der Waals surface area contributed by atoms with Gasteiger partial charge < -0.3 is 19.2 Å². The van der Waals surface area contributed by atoms with E-state index in [1.165, 1.54) is 39.1 Å². The van der Waals surface area contributed by atoms with Crippen LogP contribution in [0.4, 0.5) is 14.6 Å². The van der Waals surface area contributed by atoms with Gasteiger partial charge in [-0.05, 0) is 6.42 Å². The maximum atomic E-state index is 13.3. The summed E-state index contributed by atoms with van der Waals surface area (Å²) < 4.78 is 39.0. The van der Waals surface area contributed by atoms with E-state index in [2.05, 4.69) is 30.4 Å². The van der Waals surface area contributed by atoms with Gasteiger partial charge in [0.15, 0.2) is 17.2 Å². The number of halogens is 2. The van der Waals surface area contributed by atoms with Crippen LogP contribution in [0.2, 0.25) is 0 Å². The standard InChI is InChI=1S/C20H18F2N8O3/c1-32-14-5-26-30(20(21)22)18(14)13-7-29-8-15(27-16(29)6-23-13)28-19(31)11-3-10(11)12-4-17(33-2)25-9-24-12/h4-11,20H,3H2,1-2H3,(H,28,31). The second-order valence-corrected chi connectivity index (χ2v) is 7.37. The zero-order chi connectivity index (χ0) is 23.1. The summed E-state index contributed by atoms with van der Waals surface area (Å²) in [6.07, 6.45) is 7.78. The van der Waals surface area contributed by atoms with Crippen molar-refractivity contribution in [3.8, 4) is 23.0 Å². The highest BCUT2D eigenvalue weighted by molar-refractivity contribution is 5.94. The van der Waals surface area contributed by atoms with E-state index in [4.69, 9.17) is 9.47 Å². The highest BCUT2D eigenvalue weighted by atomic mass is 19.3. The Bertz CT molecular complexity index is 1340. The van der Waals surface area contributed by atoms with Gasteiger partial charge in [-0.2, -0.15) is 18.6 Å². The molecule has 170 valence electrons. The third kappa shape index (κ3) is 3.81. The summed E-state index contributed by atoms with van der Waals surface area (Å²) in [5, 5.41) is 6.45. The Morgan fingerprint density at radius 3 is 2.79 bits per heavy atom. The van der Waals surface area contributed by atoms with Crippen molar-refractivity contribution in [2.75, 3.05) is 19.5 Å². The smallest absolute Gasteiger partial charge is 0.333 e. The molecule has 1 amide bonds. The van der Waals surface area contributed by atoms with Gasteiger partial charge in [-0.15, -0.1) is 0 Å². The van der Waals surface area contributed by atoms with Gasteiger partial charge in [-0.25, -0.2) is 19.9 Å². The van der Waals surface area contributed by atoms with E-state index >= 15 is 0 Å². The number of hydrogen-bond donors (Lipinski definition) is 1. The Morgan fingerprint density at radius 1 is 1.18 bits per heavy atom. The number of fused-ring (bicyclic) bond motifs is 1. The molecule has 33 heavy (non-hydrogen) atoms. The number of aromatic nitrogens is 7. The van der Waals surface area contributed by atoms with Crippen molar-refractivity contribution >= 4 is 17.4 Å². The number of nitrogens with zero attached hydrogens (tertiary/aromatic N) is 7. The predicted octanol–water partition coefficient (Wildman–Crippen LogP) is 2.54. The Morgan fingerprint density at radius 2 is 2.03 bits per heavy atom. The number of imidazole rings is 1. The van der Waals surface area contributed by atoms with Gasteiger partial charge in [-0.3, -0.25) is 4.79 Å². The first-order valence-corrected chi connectivity index (χ1v) is 9.90. The lowest BCUT2D eigenvalue weighted by Gasteiger charge is -2.07. The molecule has 0 saturated heterocycles. The molecule has 2 atom stereocenters. The molecule has 1 saturated carbocycles. The second kappa shape index (κ2) is 8.07. The van der Waals surface area contributed by atoms with E-state index in [0.717, 1.165) is 5.69 Å². The van der Waals surface area contributed by atoms with Crippen molar-refractivity contribution < 1.29 is 23.0 Å². The van der Waals surface area contributed by atoms with Crippen LogP contribution < -0.4 is 14.8 Å². The minimum atomic E-state index is -2.86. The predicted molar refractivity (Wildman–Crippen MR) is 110 cm³/mol. The molecule has 1 fully saturated rings. The van der Waals surface area contributed by atoms with E-state index < -0.39 is 6.55 Å². The minimum Gasteiger partial charge on any atom is -0.493 e. The van der Waals surface area contributed by atoms with Crippen LogP contribution in [0.1, 0.15) is 24.6 Å². The van der Waals surface area contributed by atoms with E-state index in [-0.39, 0.29) is 34.9 Å². The Hall–Kier alpha value is -4.16. The van der Waals surface area contributed by atoms with Crippen molar-refractivity contribution in [1.29, 1.82) is 0 Å². The highest BCUT2D eigenvalue weighted by Gasteiger charge is 2.45. The van der Waals surface area contributed by atoms with Gasteiger partial charge in [0.1, 0.15) is 17.7 Å².